The second kappa shape index (κ2) is 5.11. The second-order valence-corrected chi connectivity index (χ2v) is 5.05. The first kappa shape index (κ1) is 13.4. The van der Waals surface area contributed by atoms with Gasteiger partial charge in [-0.15, -0.1) is 0 Å². The maximum Gasteiger partial charge on any atom is 0.295 e. The van der Waals surface area contributed by atoms with Crippen LogP contribution >= 0.6 is 45.2 Å². The highest BCUT2D eigenvalue weighted by atomic mass is 127. The van der Waals surface area contributed by atoms with Crippen molar-refractivity contribution in [1.29, 1.82) is 0 Å². The van der Waals surface area contributed by atoms with Gasteiger partial charge >= 0.3 is 0 Å². The van der Waals surface area contributed by atoms with E-state index in [2.05, 4.69) is 22.6 Å². The lowest BCUT2D eigenvalue weighted by Gasteiger charge is -2.33. The Morgan fingerprint density at radius 3 is 2.13 bits per heavy atom. The number of Topliss-reactive ketones (excluding diaryl/α,β-unsaturated/α-hetero) is 1. The summed E-state index contributed by atoms with van der Waals surface area (Å²) >= 11 is 4.03. The molecule has 0 aromatic carbocycles. The molecule has 0 heterocycles. The fourth-order valence-electron chi connectivity index (χ4n) is 1.35. The average Bonchev–Trinajstić information content (AvgIpc) is 2.23. The third-order valence-corrected chi connectivity index (χ3v) is 3.67. The minimum Gasteiger partial charge on any atom is -0.494 e. The van der Waals surface area contributed by atoms with Gasteiger partial charge in [-0.05, 0) is 51.3 Å². The van der Waals surface area contributed by atoms with Gasteiger partial charge in [0.2, 0.25) is 5.78 Å². The van der Waals surface area contributed by atoms with Crippen LogP contribution in [-0.2, 0) is 19.0 Å². The van der Waals surface area contributed by atoms with Crippen molar-refractivity contribution in [3.63, 3.8) is 0 Å². The summed E-state index contributed by atoms with van der Waals surface area (Å²) < 4.78 is 16.9. The highest BCUT2D eigenvalue weighted by Gasteiger charge is 2.49. The topological polar surface area (TPSA) is 44.8 Å². The van der Waals surface area contributed by atoms with E-state index in [4.69, 9.17) is 14.2 Å². The van der Waals surface area contributed by atoms with E-state index >= 15 is 0 Å². The first-order valence-corrected chi connectivity index (χ1v) is 6.15. The van der Waals surface area contributed by atoms with Crippen molar-refractivity contribution >= 4 is 51.0 Å². The summed E-state index contributed by atoms with van der Waals surface area (Å²) in [6.07, 6.45) is 1.73. The van der Waals surface area contributed by atoms with Crippen LogP contribution in [-0.4, -0.2) is 32.9 Å². The first-order chi connectivity index (χ1) is 7.03. The number of halogens is 2. The van der Waals surface area contributed by atoms with Gasteiger partial charge in [-0.1, -0.05) is 0 Å². The van der Waals surface area contributed by atoms with Gasteiger partial charge < -0.3 is 14.2 Å². The highest BCUT2D eigenvalue weighted by molar-refractivity contribution is 14.1. The quantitative estimate of drug-likeness (QED) is 0.503. The Bertz CT molecular complexity index is 342. The zero-order chi connectivity index (χ0) is 11.6. The van der Waals surface area contributed by atoms with Crippen LogP contribution in [0, 0.1) is 0 Å². The SMILES string of the molecule is COC1=C(I)C=C(I)C(=O)C1(OC)OC. The Hall–Kier alpha value is 0.330. The Kier molecular flexibility index (Phi) is 4.56. The van der Waals surface area contributed by atoms with Crippen LogP contribution in [0.4, 0.5) is 0 Å². The molecule has 0 N–H and O–H groups in total. The zero-order valence-corrected chi connectivity index (χ0v) is 12.8. The van der Waals surface area contributed by atoms with E-state index < -0.39 is 5.79 Å². The number of methoxy groups -OCH3 is 3. The normalized spacial score (nSPS) is 20.3. The number of carbonyl (C=O) groups excluding carboxylic acids is 1. The van der Waals surface area contributed by atoms with Gasteiger partial charge in [0, 0.05) is 14.2 Å². The second-order valence-electron chi connectivity index (χ2n) is 2.73. The van der Waals surface area contributed by atoms with Crippen LogP contribution in [0.15, 0.2) is 19.0 Å². The van der Waals surface area contributed by atoms with E-state index in [0.717, 1.165) is 3.58 Å². The molecular formula is C9H10I2O4. The maximum atomic E-state index is 12.0. The molecule has 0 unspecified atom stereocenters. The van der Waals surface area contributed by atoms with Crippen LogP contribution in [0.2, 0.25) is 0 Å². The number of rotatable bonds is 3. The van der Waals surface area contributed by atoms with Crippen LogP contribution in [0.3, 0.4) is 0 Å². The van der Waals surface area contributed by atoms with Crippen molar-refractivity contribution in [3.8, 4) is 0 Å². The molecule has 15 heavy (non-hydrogen) atoms. The van der Waals surface area contributed by atoms with E-state index in [9.17, 15) is 4.79 Å². The summed E-state index contributed by atoms with van der Waals surface area (Å²) in [5.74, 6) is -1.29. The van der Waals surface area contributed by atoms with Crippen molar-refractivity contribution in [1.82, 2.24) is 0 Å². The summed E-state index contributed by atoms with van der Waals surface area (Å²) in [6, 6.07) is 0. The van der Waals surface area contributed by atoms with Crippen molar-refractivity contribution in [2.45, 2.75) is 5.79 Å². The summed E-state index contributed by atoms with van der Waals surface area (Å²) in [6.45, 7) is 0. The molecule has 0 amide bonds. The van der Waals surface area contributed by atoms with Crippen molar-refractivity contribution in [2.75, 3.05) is 21.3 Å². The zero-order valence-electron chi connectivity index (χ0n) is 8.47. The largest absolute Gasteiger partial charge is 0.494 e. The smallest absolute Gasteiger partial charge is 0.295 e. The number of ether oxygens (including phenoxy) is 3. The number of hydrogen-bond acceptors (Lipinski definition) is 4. The predicted molar refractivity (Wildman–Crippen MR) is 71.9 cm³/mol. The van der Waals surface area contributed by atoms with Gasteiger partial charge in [-0.3, -0.25) is 4.79 Å². The van der Waals surface area contributed by atoms with E-state index in [-0.39, 0.29) is 5.78 Å². The van der Waals surface area contributed by atoms with Gasteiger partial charge in [0.15, 0.2) is 5.76 Å². The molecule has 1 aliphatic rings. The molecule has 1 rings (SSSR count). The molecule has 0 fully saturated rings. The average molecular weight is 436 g/mol. The Labute approximate surface area is 115 Å². The molecule has 0 saturated heterocycles. The predicted octanol–water partition coefficient (Wildman–Crippen LogP) is 2.17. The summed E-state index contributed by atoms with van der Waals surface area (Å²) in [5, 5.41) is 0. The van der Waals surface area contributed by atoms with Gasteiger partial charge in [0.25, 0.3) is 5.79 Å². The maximum absolute atomic E-state index is 12.0. The van der Waals surface area contributed by atoms with Gasteiger partial charge in [-0.25, -0.2) is 0 Å². The summed E-state index contributed by atoms with van der Waals surface area (Å²) in [7, 11) is 4.32. The van der Waals surface area contributed by atoms with E-state index in [1.165, 1.54) is 21.3 Å². The lowest BCUT2D eigenvalue weighted by atomic mass is 10.0. The molecule has 1 aliphatic carbocycles. The van der Waals surface area contributed by atoms with Gasteiger partial charge in [0.05, 0.1) is 14.3 Å². The molecule has 6 heteroatoms. The van der Waals surface area contributed by atoms with Crippen LogP contribution in [0.1, 0.15) is 0 Å². The fraction of sp³-hybridized carbons (Fsp3) is 0.444. The third kappa shape index (κ3) is 2.08. The Morgan fingerprint density at radius 2 is 1.73 bits per heavy atom. The molecule has 0 bridgehead atoms. The number of hydrogen-bond donors (Lipinski definition) is 0. The lowest BCUT2D eigenvalue weighted by molar-refractivity contribution is -0.199. The molecule has 0 saturated carbocycles. The number of allylic oxidation sites excluding steroid dienone is 2. The van der Waals surface area contributed by atoms with E-state index in [0.29, 0.717) is 9.34 Å². The van der Waals surface area contributed by atoms with Crippen LogP contribution in [0.5, 0.6) is 0 Å². The third-order valence-electron chi connectivity index (χ3n) is 2.06. The first-order valence-electron chi connectivity index (χ1n) is 4.00. The number of ketones is 1. The molecule has 84 valence electrons. The van der Waals surface area contributed by atoms with Crippen LogP contribution in [0.25, 0.3) is 0 Å². The lowest BCUT2D eigenvalue weighted by Crippen LogP contribution is -2.47. The Morgan fingerprint density at radius 1 is 1.20 bits per heavy atom. The molecule has 0 aliphatic heterocycles. The standard InChI is InChI=1S/C9H10I2O4/c1-13-8-6(11)4-5(10)7(12)9(8,14-2)15-3/h4H,1-3H3. The van der Waals surface area contributed by atoms with Crippen molar-refractivity contribution < 1.29 is 19.0 Å². The molecule has 0 atom stereocenters. The Balaban J connectivity index is 3.37. The van der Waals surface area contributed by atoms with Crippen LogP contribution < -0.4 is 0 Å². The summed E-state index contributed by atoms with van der Waals surface area (Å²) in [5.41, 5.74) is 0. The number of carbonyl (C=O) groups is 1. The minimum absolute atomic E-state index is 0.245. The minimum atomic E-state index is -1.43. The van der Waals surface area contributed by atoms with E-state index in [1.807, 2.05) is 22.6 Å². The van der Waals surface area contributed by atoms with Gasteiger partial charge in [0.1, 0.15) is 0 Å². The fourth-order valence-corrected chi connectivity index (χ4v) is 3.49. The molecule has 0 aromatic rings. The monoisotopic (exact) mass is 436 g/mol. The molecular weight excluding hydrogens is 426 g/mol. The van der Waals surface area contributed by atoms with Gasteiger partial charge in [-0.2, -0.15) is 0 Å². The molecule has 4 nitrogen and oxygen atoms in total. The molecule has 0 aromatic heterocycles. The van der Waals surface area contributed by atoms with Crippen molar-refractivity contribution in [2.24, 2.45) is 0 Å². The highest BCUT2D eigenvalue weighted by Crippen LogP contribution is 2.38. The van der Waals surface area contributed by atoms with Crippen molar-refractivity contribution in [3.05, 3.63) is 19.0 Å². The van der Waals surface area contributed by atoms with E-state index in [1.54, 1.807) is 6.08 Å². The molecule has 0 spiro atoms. The summed E-state index contributed by atoms with van der Waals surface area (Å²) in [4.78, 5) is 12.0. The molecule has 0 radical (unpaired) electrons.